The number of para-hydroxylation sites is 1. The van der Waals surface area contributed by atoms with E-state index in [0.717, 1.165) is 7.11 Å². The summed E-state index contributed by atoms with van der Waals surface area (Å²) in [4.78, 5) is 38.6. The fourth-order valence-corrected chi connectivity index (χ4v) is 2.58. The number of methoxy groups -OCH3 is 1. The largest absolute Gasteiger partial charge is 0.478 e. The van der Waals surface area contributed by atoms with E-state index in [1.165, 1.54) is 38.1 Å². The molecule has 0 saturated carbocycles. The lowest BCUT2D eigenvalue weighted by Gasteiger charge is -2.15. The molecule has 124 valence electrons. The Morgan fingerprint density at radius 2 is 1.75 bits per heavy atom. The Hall–Kier alpha value is -3.29. The molecule has 0 amide bonds. The summed E-state index contributed by atoms with van der Waals surface area (Å²) in [5, 5.41) is 20.9. The smallest absolute Gasteiger partial charge is 0.340 e. The highest BCUT2D eigenvalue weighted by atomic mass is 16.6. The summed E-state index contributed by atoms with van der Waals surface area (Å²) in [5.41, 5.74) is -0.334. The first-order valence-electron chi connectivity index (χ1n) is 6.86. The molecule has 1 heterocycles. The first-order valence-corrected chi connectivity index (χ1v) is 6.86. The molecule has 0 saturated heterocycles. The van der Waals surface area contributed by atoms with Crippen molar-refractivity contribution in [3.63, 3.8) is 0 Å². The molecule has 0 spiro atoms. The van der Waals surface area contributed by atoms with Crippen LogP contribution in [0.5, 0.6) is 0 Å². The second kappa shape index (κ2) is 6.45. The summed E-state index contributed by atoms with van der Waals surface area (Å²) in [6, 6.07) is 5.62. The lowest BCUT2D eigenvalue weighted by molar-refractivity contribution is -0.384. The number of nitrogens with zero attached hydrogens (tertiary/aromatic N) is 2. The van der Waals surface area contributed by atoms with Crippen LogP contribution < -0.4 is 0 Å². The standard InChI is InChI=1S/C16H14N2O6/c1-8-12(15(19)20)14(13(9(2)17-8)16(21)24-3)10-6-4-5-7-11(10)18(22)23/h4-7H,1-3H3,(H,19,20). The van der Waals surface area contributed by atoms with Crippen LogP contribution in [-0.4, -0.2) is 34.1 Å². The highest BCUT2D eigenvalue weighted by Crippen LogP contribution is 2.37. The Morgan fingerprint density at radius 1 is 1.17 bits per heavy atom. The average Bonchev–Trinajstić information content (AvgIpc) is 2.52. The van der Waals surface area contributed by atoms with Gasteiger partial charge in [0.05, 0.1) is 40.1 Å². The number of aromatic carboxylic acids is 1. The second-order valence-corrected chi connectivity index (χ2v) is 4.98. The molecule has 8 nitrogen and oxygen atoms in total. The molecule has 2 rings (SSSR count). The van der Waals surface area contributed by atoms with E-state index in [2.05, 4.69) is 4.98 Å². The van der Waals surface area contributed by atoms with E-state index in [1.807, 2.05) is 0 Å². The maximum atomic E-state index is 12.2. The first-order chi connectivity index (χ1) is 11.3. The lowest BCUT2D eigenvalue weighted by atomic mass is 9.91. The number of carboxylic acids is 1. The van der Waals surface area contributed by atoms with Gasteiger partial charge < -0.3 is 9.84 Å². The maximum absolute atomic E-state index is 12.2. The number of esters is 1. The van der Waals surface area contributed by atoms with E-state index in [4.69, 9.17) is 4.74 Å². The highest BCUT2D eigenvalue weighted by molar-refractivity contribution is 6.07. The van der Waals surface area contributed by atoms with Crippen molar-refractivity contribution in [3.05, 3.63) is 56.9 Å². The Labute approximate surface area is 136 Å². The van der Waals surface area contributed by atoms with E-state index < -0.39 is 16.9 Å². The number of benzene rings is 1. The van der Waals surface area contributed by atoms with Gasteiger partial charge in [0.1, 0.15) is 0 Å². The predicted octanol–water partition coefficient (Wildman–Crippen LogP) is 2.76. The van der Waals surface area contributed by atoms with Crippen molar-refractivity contribution in [3.8, 4) is 11.1 Å². The monoisotopic (exact) mass is 330 g/mol. The molecule has 24 heavy (non-hydrogen) atoms. The third-order valence-corrected chi connectivity index (χ3v) is 3.53. The third-order valence-electron chi connectivity index (χ3n) is 3.53. The van der Waals surface area contributed by atoms with Crippen molar-refractivity contribution in [1.29, 1.82) is 0 Å². The molecule has 0 aliphatic rings. The van der Waals surface area contributed by atoms with Gasteiger partial charge in [-0.25, -0.2) is 9.59 Å². The zero-order valence-electron chi connectivity index (χ0n) is 13.2. The molecule has 1 N–H and O–H groups in total. The number of hydrogen-bond acceptors (Lipinski definition) is 6. The Bertz CT molecular complexity index is 860. The Balaban J connectivity index is 3.03. The van der Waals surface area contributed by atoms with Gasteiger partial charge in [-0.15, -0.1) is 0 Å². The van der Waals surface area contributed by atoms with Gasteiger partial charge in [-0.1, -0.05) is 12.1 Å². The van der Waals surface area contributed by atoms with Crippen LogP contribution in [0.15, 0.2) is 24.3 Å². The molecule has 0 aliphatic carbocycles. The third kappa shape index (κ3) is 2.81. The van der Waals surface area contributed by atoms with Gasteiger partial charge in [0.15, 0.2) is 0 Å². The average molecular weight is 330 g/mol. The molecule has 1 aromatic heterocycles. The van der Waals surface area contributed by atoms with Crippen LogP contribution in [0.1, 0.15) is 32.1 Å². The molecule has 1 aromatic carbocycles. The second-order valence-electron chi connectivity index (χ2n) is 4.98. The summed E-state index contributed by atoms with van der Waals surface area (Å²) in [6.45, 7) is 2.99. The number of nitro groups is 1. The zero-order valence-corrected chi connectivity index (χ0v) is 13.2. The molecule has 2 aromatic rings. The fourth-order valence-electron chi connectivity index (χ4n) is 2.58. The molecule has 0 unspecified atom stereocenters. The molecule has 0 radical (unpaired) electrons. The molecule has 0 atom stereocenters. The molecule has 0 fully saturated rings. The summed E-state index contributed by atoms with van der Waals surface area (Å²) in [6.07, 6.45) is 0. The summed E-state index contributed by atoms with van der Waals surface area (Å²) >= 11 is 0. The number of rotatable bonds is 4. The zero-order chi connectivity index (χ0) is 18.0. The SMILES string of the molecule is COC(=O)c1c(C)nc(C)c(C(=O)O)c1-c1ccccc1[N+](=O)[O-]. The van der Waals surface area contributed by atoms with Crippen LogP contribution in [-0.2, 0) is 4.74 Å². The molecule has 8 heteroatoms. The van der Waals surface area contributed by atoms with E-state index >= 15 is 0 Å². The fraction of sp³-hybridized carbons (Fsp3) is 0.188. The minimum atomic E-state index is -1.33. The van der Waals surface area contributed by atoms with Gasteiger partial charge in [-0.3, -0.25) is 15.1 Å². The predicted molar refractivity (Wildman–Crippen MR) is 84.1 cm³/mol. The molecule has 0 bridgehead atoms. The van der Waals surface area contributed by atoms with Crippen molar-refractivity contribution in [2.45, 2.75) is 13.8 Å². The first kappa shape index (κ1) is 17.1. The minimum Gasteiger partial charge on any atom is -0.478 e. The highest BCUT2D eigenvalue weighted by Gasteiger charge is 2.30. The van der Waals surface area contributed by atoms with Crippen molar-refractivity contribution in [2.24, 2.45) is 0 Å². The molecular formula is C16H14N2O6. The minimum absolute atomic E-state index is 0.0221. The van der Waals surface area contributed by atoms with Crippen LogP contribution in [0.2, 0.25) is 0 Å². The van der Waals surface area contributed by atoms with Gasteiger partial charge in [-0.2, -0.15) is 0 Å². The van der Waals surface area contributed by atoms with Crippen molar-refractivity contribution < 1.29 is 24.4 Å². The van der Waals surface area contributed by atoms with Crippen molar-refractivity contribution in [1.82, 2.24) is 4.98 Å². The number of carbonyl (C=O) groups excluding carboxylic acids is 1. The number of nitro benzene ring substituents is 1. The van der Waals surface area contributed by atoms with Gasteiger partial charge in [0.2, 0.25) is 0 Å². The van der Waals surface area contributed by atoms with Gasteiger partial charge >= 0.3 is 11.9 Å². The molecule has 0 aliphatic heterocycles. The lowest BCUT2D eigenvalue weighted by Crippen LogP contribution is -2.15. The van der Waals surface area contributed by atoms with Crippen molar-refractivity contribution in [2.75, 3.05) is 7.11 Å². The number of carbonyl (C=O) groups is 2. The van der Waals surface area contributed by atoms with Crippen LogP contribution in [0.25, 0.3) is 11.1 Å². The Morgan fingerprint density at radius 3 is 2.29 bits per heavy atom. The van der Waals surface area contributed by atoms with E-state index in [1.54, 1.807) is 0 Å². The summed E-state index contributed by atoms with van der Waals surface area (Å²) < 4.78 is 4.71. The summed E-state index contributed by atoms with van der Waals surface area (Å²) in [5.74, 6) is -2.14. The van der Waals surface area contributed by atoms with E-state index in [9.17, 15) is 24.8 Å². The van der Waals surface area contributed by atoms with Gasteiger partial charge in [0.25, 0.3) is 5.69 Å². The van der Waals surface area contributed by atoms with E-state index in [0.29, 0.717) is 0 Å². The number of hydrogen-bond donors (Lipinski definition) is 1. The topological polar surface area (TPSA) is 120 Å². The van der Waals surface area contributed by atoms with Crippen LogP contribution in [0, 0.1) is 24.0 Å². The van der Waals surface area contributed by atoms with Gasteiger partial charge in [0, 0.05) is 11.6 Å². The Kier molecular flexibility index (Phi) is 4.59. The number of pyridine rings is 1. The number of aromatic nitrogens is 1. The summed E-state index contributed by atoms with van der Waals surface area (Å²) in [7, 11) is 1.14. The van der Waals surface area contributed by atoms with Crippen LogP contribution in [0.4, 0.5) is 5.69 Å². The van der Waals surface area contributed by atoms with Crippen molar-refractivity contribution >= 4 is 17.6 Å². The number of aryl methyl sites for hydroxylation is 2. The van der Waals surface area contributed by atoms with Gasteiger partial charge in [-0.05, 0) is 19.9 Å². The van der Waals surface area contributed by atoms with Crippen LogP contribution >= 0.6 is 0 Å². The normalized spacial score (nSPS) is 10.3. The quantitative estimate of drug-likeness (QED) is 0.520. The number of carboxylic acid groups (broad SMARTS) is 1. The number of ether oxygens (including phenoxy) is 1. The van der Waals surface area contributed by atoms with E-state index in [-0.39, 0.29) is 39.3 Å². The molecular weight excluding hydrogens is 316 g/mol. The maximum Gasteiger partial charge on any atom is 0.340 e. The van der Waals surface area contributed by atoms with Crippen LogP contribution in [0.3, 0.4) is 0 Å².